The Labute approximate surface area is 205 Å². The molecule has 1 N–H and O–H groups in total. The van der Waals surface area contributed by atoms with Gasteiger partial charge in [0.15, 0.2) is 0 Å². The zero-order chi connectivity index (χ0) is 23.7. The quantitative estimate of drug-likeness (QED) is 0.419. The lowest BCUT2D eigenvalue weighted by atomic mass is 9.97. The van der Waals surface area contributed by atoms with Gasteiger partial charge in [0, 0.05) is 11.9 Å². The van der Waals surface area contributed by atoms with Crippen molar-refractivity contribution in [1.82, 2.24) is 29.6 Å². The molecule has 5 rings (SSSR count). The maximum absolute atomic E-state index is 12.8. The fourth-order valence-electron chi connectivity index (χ4n) is 4.30. The number of rotatable bonds is 7. The Kier molecular flexibility index (Phi) is 6.51. The second-order valence-electron chi connectivity index (χ2n) is 8.51. The molecule has 176 valence electrons. The maximum Gasteiger partial charge on any atom is 0.259 e. The highest BCUT2D eigenvalue weighted by atomic mass is 32.2. The molecule has 0 radical (unpaired) electrons. The van der Waals surface area contributed by atoms with E-state index in [1.807, 2.05) is 38.2 Å². The van der Waals surface area contributed by atoms with Crippen LogP contribution in [0.5, 0.6) is 0 Å². The van der Waals surface area contributed by atoms with Gasteiger partial charge in [0.05, 0.1) is 28.6 Å². The van der Waals surface area contributed by atoms with Crippen molar-refractivity contribution in [2.45, 2.75) is 44.4 Å². The highest BCUT2D eigenvalue weighted by Crippen LogP contribution is 2.33. The third kappa shape index (κ3) is 4.52. The predicted molar refractivity (Wildman–Crippen MR) is 136 cm³/mol. The van der Waals surface area contributed by atoms with Crippen LogP contribution in [-0.4, -0.2) is 48.3 Å². The van der Waals surface area contributed by atoms with Crippen molar-refractivity contribution < 1.29 is 4.79 Å². The third-order valence-corrected chi connectivity index (χ3v) is 8.49. The zero-order valence-electron chi connectivity index (χ0n) is 19.2. The molecule has 8 nitrogen and oxygen atoms in total. The van der Waals surface area contributed by atoms with Gasteiger partial charge in [0.2, 0.25) is 5.91 Å². The molecule has 1 aromatic carbocycles. The molecule has 0 saturated carbocycles. The fraction of sp³-hybridized carbons (Fsp3) is 0.375. The number of aryl methyl sites for hydroxylation is 2. The van der Waals surface area contributed by atoms with E-state index in [1.54, 1.807) is 27.2 Å². The first-order valence-electron chi connectivity index (χ1n) is 11.3. The van der Waals surface area contributed by atoms with E-state index in [9.17, 15) is 9.59 Å². The number of amides is 1. The van der Waals surface area contributed by atoms with E-state index in [0.717, 1.165) is 40.7 Å². The maximum atomic E-state index is 12.8. The van der Waals surface area contributed by atoms with Crippen molar-refractivity contribution in [2.24, 2.45) is 0 Å². The molecule has 0 fully saturated rings. The average molecular weight is 495 g/mol. The number of nitrogens with zero attached hydrogens (tertiary/aromatic N) is 5. The number of carbonyl (C=O) groups excluding carboxylic acids is 1. The topological polar surface area (TPSA) is 96.8 Å². The number of aromatic amines is 1. The molecule has 1 unspecified atom stereocenters. The van der Waals surface area contributed by atoms with Crippen LogP contribution in [0, 0.1) is 0 Å². The van der Waals surface area contributed by atoms with Crippen LogP contribution in [0.25, 0.3) is 15.9 Å². The van der Waals surface area contributed by atoms with E-state index < -0.39 is 0 Å². The average Bonchev–Trinajstić information content (AvgIpc) is 3.51. The molecule has 10 heteroatoms. The summed E-state index contributed by atoms with van der Waals surface area (Å²) in [6.45, 7) is 2.01. The smallest absolute Gasteiger partial charge is 0.259 e. The van der Waals surface area contributed by atoms with Crippen molar-refractivity contribution in [3.63, 3.8) is 0 Å². The summed E-state index contributed by atoms with van der Waals surface area (Å²) >= 11 is 3.12. The minimum atomic E-state index is -0.0652. The van der Waals surface area contributed by atoms with Crippen LogP contribution in [0.4, 0.5) is 0 Å². The Hall–Kier alpha value is -2.98. The molecule has 3 aromatic heterocycles. The number of aromatic nitrogens is 5. The minimum Gasteiger partial charge on any atom is -0.338 e. The molecule has 0 aliphatic heterocycles. The van der Waals surface area contributed by atoms with Crippen molar-refractivity contribution in [2.75, 3.05) is 12.8 Å². The van der Waals surface area contributed by atoms with Gasteiger partial charge in [-0.15, -0.1) is 23.1 Å². The SMILES string of the molecule is CC(c1ccc(-n2cncn2)cc1)N(C)C(=O)CSCc1nc2sc3c(c2c(=O)[nH]1)CCCC3. The van der Waals surface area contributed by atoms with Crippen LogP contribution in [-0.2, 0) is 23.4 Å². The third-order valence-electron chi connectivity index (χ3n) is 6.37. The summed E-state index contributed by atoms with van der Waals surface area (Å²) in [5.74, 6) is 1.48. The monoisotopic (exact) mass is 494 g/mol. The molecular formula is C24H26N6O2S2. The molecule has 1 amide bonds. The van der Waals surface area contributed by atoms with Crippen LogP contribution >= 0.6 is 23.1 Å². The van der Waals surface area contributed by atoms with Crippen molar-refractivity contribution in [3.05, 3.63) is 69.1 Å². The molecule has 0 spiro atoms. The normalized spacial score (nSPS) is 14.2. The Morgan fingerprint density at radius 1 is 1.26 bits per heavy atom. The minimum absolute atomic E-state index is 0.0351. The standard InChI is InChI=1S/C24H26N6O2S2/c1-15(16-7-9-17(10-8-16)30-14-25-13-26-30)29(2)21(31)12-33-11-20-27-23(32)22-18-5-3-4-6-19(18)34-24(22)28-20/h7-10,13-15H,3-6,11-12H2,1-2H3,(H,27,28,32). The van der Waals surface area contributed by atoms with Crippen LogP contribution in [0.2, 0.25) is 0 Å². The van der Waals surface area contributed by atoms with E-state index >= 15 is 0 Å². The summed E-state index contributed by atoms with van der Waals surface area (Å²) in [6.07, 6.45) is 7.48. The van der Waals surface area contributed by atoms with Gasteiger partial charge in [-0.25, -0.2) is 14.6 Å². The van der Waals surface area contributed by atoms with Crippen molar-refractivity contribution in [1.29, 1.82) is 0 Å². The molecular weight excluding hydrogens is 468 g/mol. The lowest BCUT2D eigenvalue weighted by Gasteiger charge is -2.25. The molecule has 1 aliphatic carbocycles. The van der Waals surface area contributed by atoms with Crippen molar-refractivity contribution in [3.8, 4) is 5.69 Å². The van der Waals surface area contributed by atoms with Gasteiger partial charge in [-0.05, 0) is 55.9 Å². The number of hydrogen-bond donors (Lipinski definition) is 1. The lowest BCUT2D eigenvalue weighted by Crippen LogP contribution is -2.31. The summed E-state index contributed by atoms with van der Waals surface area (Å²) in [5, 5.41) is 4.90. The number of fused-ring (bicyclic) bond motifs is 3. The second-order valence-corrected chi connectivity index (χ2v) is 10.6. The van der Waals surface area contributed by atoms with Gasteiger partial charge in [-0.2, -0.15) is 5.10 Å². The highest BCUT2D eigenvalue weighted by Gasteiger charge is 2.21. The number of nitrogens with one attached hydrogen (secondary N) is 1. The number of H-pyrrole nitrogens is 1. The Balaban J connectivity index is 1.19. The number of benzene rings is 1. The van der Waals surface area contributed by atoms with Gasteiger partial charge in [0.25, 0.3) is 5.56 Å². The first kappa shape index (κ1) is 22.8. The molecule has 4 aromatic rings. The number of thiophene rings is 1. The molecule has 34 heavy (non-hydrogen) atoms. The van der Waals surface area contributed by atoms with Gasteiger partial charge in [0.1, 0.15) is 23.3 Å². The van der Waals surface area contributed by atoms with Crippen LogP contribution in [0.3, 0.4) is 0 Å². The van der Waals surface area contributed by atoms with Crippen LogP contribution < -0.4 is 5.56 Å². The first-order valence-corrected chi connectivity index (χ1v) is 13.3. The Morgan fingerprint density at radius 2 is 2.06 bits per heavy atom. The first-order chi connectivity index (χ1) is 16.5. The Bertz CT molecular complexity index is 1360. The van der Waals surface area contributed by atoms with Gasteiger partial charge in [-0.1, -0.05) is 12.1 Å². The summed E-state index contributed by atoms with van der Waals surface area (Å²) < 4.78 is 1.70. The number of hydrogen-bond acceptors (Lipinski definition) is 7. The van der Waals surface area contributed by atoms with Crippen LogP contribution in [0.1, 0.15) is 47.6 Å². The molecule has 0 saturated heterocycles. The summed E-state index contributed by atoms with van der Waals surface area (Å²) in [7, 11) is 1.82. The molecule has 0 bridgehead atoms. The van der Waals surface area contributed by atoms with Gasteiger partial charge < -0.3 is 9.88 Å². The predicted octanol–water partition coefficient (Wildman–Crippen LogP) is 3.90. The molecule has 1 aliphatic rings. The fourth-order valence-corrected chi connectivity index (χ4v) is 6.39. The van der Waals surface area contributed by atoms with E-state index in [4.69, 9.17) is 4.98 Å². The summed E-state index contributed by atoms with van der Waals surface area (Å²) in [6, 6.07) is 7.87. The lowest BCUT2D eigenvalue weighted by molar-refractivity contribution is -0.128. The summed E-state index contributed by atoms with van der Waals surface area (Å²) in [4.78, 5) is 41.0. The highest BCUT2D eigenvalue weighted by molar-refractivity contribution is 7.99. The molecule has 1 atom stereocenters. The van der Waals surface area contributed by atoms with E-state index in [-0.39, 0.29) is 17.5 Å². The van der Waals surface area contributed by atoms with E-state index in [2.05, 4.69) is 15.1 Å². The Morgan fingerprint density at radius 3 is 2.82 bits per heavy atom. The van der Waals surface area contributed by atoms with Gasteiger partial charge >= 0.3 is 0 Å². The number of carbonyl (C=O) groups is 1. The second kappa shape index (κ2) is 9.71. The van der Waals surface area contributed by atoms with E-state index in [0.29, 0.717) is 17.3 Å². The van der Waals surface area contributed by atoms with Crippen molar-refractivity contribution >= 4 is 39.2 Å². The zero-order valence-corrected chi connectivity index (χ0v) is 20.8. The van der Waals surface area contributed by atoms with Crippen LogP contribution in [0.15, 0.2) is 41.7 Å². The van der Waals surface area contributed by atoms with Gasteiger partial charge in [-0.3, -0.25) is 9.59 Å². The van der Waals surface area contributed by atoms with E-state index in [1.165, 1.54) is 35.0 Å². The summed E-state index contributed by atoms with van der Waals surface area (Å²) in [5.41, 5.74) is 3.11. The largest absolute Gasteiger partial charge is 0.338 e. The molecule has 3 heterocycles. The number of thioether (sulfide) groups is 1.